The number of carbonyl (C=O) groups excluding carboxylic acids is 1. The van der Waals surface area contributed by atoms with Gasteiger partial charge in [0.2, 0.25) is 0 Å². The van der Waals surface area contributed by atoms with Crippen LogP contribution in [-0.2, 0) is 4.84 Å². The molecule has 0 aromatic heterocycles. The lowest BCUT2D eigenvalue weighted by atomic mass is 10.2. The number of nitrogens with zero attached hydrogens (tertiary/aromatic N) is 1. The fraction of sp³-hybridized carbons (Fsp3) is 0.462. The van der Waals surface area contributed by atoms with Crippen LogP contribution in [0.3, 0.4) is 0 Å². The van der Waals surface area contributed by atoms with Gasteiger partial charge in [0, 0.05) is 12.1 Å². The highest BCUT2D eigenvalue weighted by molar-refractivity contribution is 5.89. The van der Waals surface area contributed by atoms with Gasteiger partial charge in [0.15, 0.2) is 0 Å². The molecule has 0 radical (unpaired) electrons. The van der Waals surface area contributed by atoms with Gasteiger partial charge in [0.1, 0.15) is 0 Å². The second-order valence-electron chi connectivity index (χ2n) is 4.29. The zero-order chi connectivity index (χ0) is 12.1. The van der Waals surface area contributed by atoms with Gasteiger partial charge < -0.3 is 4.84 Å². The van der Waals surface area contributed by atoms with E-state index < -0.39 is 0 Å². The minimum atomic E-state index is -0.303. The lowest BCUT2D eigenvalue weighted by Crippen LogP contribution is -2.38. The number of hydrogen-bond donors (Lipinski definition) is 0. The smallest absolute Gasteiger partial charge is 0.357 e. The predicted octanol–water partition coefficient (Wildman–Crippen LogP) is 2.88. The van der Waals surface area contributed by atoms with Crippen LogP contribution in [0.4, 0.5) is 0 Å². The van der Waals surface area contributed by atoms with Crippen LogP contribution in [0.1, 0.15) is 38.1 Å². The van der Waals surface area contributed by atoms with Gasteiger partial charge in [-0.2, -0.15) is 0 Å². The summed E-state index contributed by atoms with van der Waals surface area (Å²) in [5, 5.41) is 1.70. The molecule has 0 N–H and O–H groups in total. The van der Waals surface area contributed by atoms with Crippen LogP contribution in [0.25, 0.3) is 0 Å². The molecule has 1 aromatic carbocycles. The Bertz CT molecular complexity index is 325. The lowest BCUT2D eigenvalue weighted by Gasteiger charge is -2.28. The summed E-state index contributed by atoms with van der Waals surface area (Å²) in [6.07, 6.45) is 0. The third-order valence-corrected chi connectivity index (χ3v) is 2.22. The molecule has 0 saturated carbocycles. The minimum absolute atomic E-state index is 0.174. The first-order valence-electron chi connectivity index (χ1n) is 5.58. The highest BCUT2D eigenvalue weighted by atomic mass is 16.7. The molecule has 0 aliphatic carbocycles. The largest absolute Gasteiger partial charge is 0.363 e. The van der Waals surface area contributed by atoms with Crippen molar-refractivity contribution in [3.63, 3.8) is 0 Å². The topological polar surface area (TPSA) is 29.5 Å². The Morgan fingerprint density at radius 1 is 1.06 bits per heavy atom. The molecule has 0 aliphatic heterocycles. The van der Waals surface area contributed by atoms with Crippen molar-refractivity contribution in [3.8, 4) is 0 Å². The van der Waals surface area contributed by atoms with Gasteiger partial charge in [-0.25, -0.2) is 4.79 Å². The molecule has 0 saturated heterocycles. The first kappa shape index (κ1) is 12.7. The quantitative estimate of drug-likeness (QED) is 0.732. The van der Waals surface area contributed by atoms with E-state index in [1.807, 2.05) is 45.9 Å². The van der Waals surface area contributed by atoms with Crippen molar-refractivity contribution in [2.45, 2.75) is 39.8 Å². The van der Waals surface area contributed by atoms with Gasteiger partial charge in [-0.1, -0.05) is 18.2 Å². The molecular weight excluding hydrogens is 202 g/mol. The predicted molar refractivity (Wildman–Crippen MR) is 64.0 cm³/mol. The Kier molecular flexibility index (Phi) is 4.50. The molecule has 0 amide bonds. The Labute approximate surface area is 97.0 Å². The van der Waals surface area contributed by atoms with Crippen molar-refractivity contribution in [1.29, 1.82) is 0 Å². The second kappa shape index (κ2) is 5.66. The summed E-state index contributed by atoms with van der Waals surface area (Å²) in [7, 11) is 0. The normalized spacial score (nSPS) is 11.2. The van der Waals surface area contributed by atoms with Crippen molar-refractivity contribution >= 4 is 5.97 Å². The molecule has 16 heavy (non-hydrogen) atoms. The SMILES string of the molecule is CC(C)N(OC(=O)c1ccccc1)C(C)C. The Hall–Kier alpha value is -1.35. The van der Waals surface area contributed by atoms with E-state index in [0.29, 0.717) is 5.56 Å². The number of carbonyl (C=O) groups is 1. The van der Waals surface area contributed by atoms with Gasteiger partial charge in [-0.15, -0.1) is 5.06 Å². The van der Waals surface area contributed by atoms with Crippen LogP contribution in [0.2, 0.25) is 0 Å². The average Bonchev–Trinajstić information content (AvgIpc) is 2.25. The maximum Gasteiger partial charge on any atom is 0.357 e. The number of rotatable bonds is 4. The molecule has 0 unspecified atom stereocenters. The molecule has 0 atom stereocenters. The molecule has 3 heteroatoms. The summed E-state index contributed by atoms with van der Waals surface area (Å²) < 4.78 is 0. The van der Waals surface area contributed by atoms with Crippen molar-refractivity contribution in [2.75, 3.05) is 0 Å². The summed E-state index contributed by atoms with van der Waals surface area (Å²) in [5.41, 5.74) is 0.578. The summed E-state index contributed by atoms with van der Waals surface area (Å²) >= 11 is 0. The van der Waals surface area contributed by atoms with Crippen LogP contribution in [-0.4, -0.2) is 23.1 Å². The van der Waals surface area contributed by atoms with E-state index in [1.165, 1.54) is 0 Å². The van der Waals surface area contributed by atoms with Crippen LogP contribution < -0.4 is 0 Å². The summed E-state index contributed by atoms with van der Waals surface area (Å²) in [4.78, 5) is 17.2. The van der Waals surface area contributed by atoms with Crippen molar-refractivity contribution in [3.05, 3.63) is 35.9 Å². The van der Waals surface area contributed by atoms with E-state index in [4.69, 9.17) is 4.84 Å². The van der Waals surface area contributed by atoms with E-state index in [0.717, 1.165) is 0 Å². The van der Waals surface area contributed by atoms with Crippen molar-refractivity contribution in [1.82, 2.24) is 5.06 Å². The van der Waals surface area contributed by atoms with E-state index in [1.54, 1.807) is 17.2 Å². The number of benzene rings is 1. The molecule has 0 spiro atoms. The standard InChI is InChI=1S/C13H19NO2/c1-10(2)14(11(3)4)16-13(15)12-8-6-5-7-9-12/h5-11H,1-4H3. The van der Waals surface area contributed by atoms with Crippen LogP contribution in [0.15, 0.2) is 30.3 Å². The molecule has 3 nitrogen and oxygen atoms in total. The van der Waals surface area contributed by atoms with Crippen LogP contribution in [0.5, 0.6) is 0 Å². The first-order valence-corrected chi connectivity index (χ1v) is 5.58. The van der Waals surface area contributed by atoms with Gasteiger partial charge in [0.25, 0.3) is 0 Å². The zero-order valence-electron chi connectivity index (χ0n) is 10.3. The Morgan fingerprint density at radius 3 is 2.00 bits per heavy atom. The fourth-order valence-electron chi connectivity index (χ4n) is 1.53. The van der Waals surface area contributed by atoms with E-state index in [9.17, 15) is 4.79 Å². The highest BCUT2D eigenvalue weighted by Crippen LogP contribution is 2.09. The molecule has 0 fully saturated rings. The highest BCUT2D eigenvalue weighted by Gasteiger charge is 2.19. The number of hydrogen-bond acceptors (Lipinski definition) is 3. The molecular formula is C13H19NO2. The van der Waals surface area contributed by atoms with Gasteiger partial charge >= 0.3 is 5.97 Å². The van der Waals surface area contributed by atoms with Crippen LogP contribution >= 0.6 is 0 Å². The molecule has 88 valence electrons. The maximum absolute atomic E-state index is 11.8. The molecule has 0 aliphatic rings. The van der Waals surface area contributed by atoms with E-state index in [2.05, 4.69) is 0 Å². The summed E-state index contributed by atoms with van der Waals surface area (Å²) in [6, 6.07) is 9.37. The summed E-state index contributed by atoms with van der Waals surface area (Å²) in [6.45, 7) is 7.99. The minimum Gasteiger partial charge on any atom is -0.363 e. The molecule has 1 rings (SSSR count). The monoisotopic (exact) mass is 221 g/mol. The maximum atomic E-state index is 11.8. The zero-order valence-corrected chi connectivity index (χ0v) is 10.3. The van der Waals surface area contributed by atoms with E-state index in [-0.39, 0.29) is 18.1 Å². The third-order valence-electron chi connectivity index (χ3n) is 2.22. The lowest BCUT2D eigenvalue weighted by molar-refractivity contribution is -0.150. The van der Waals surface area contributed by atoms with Crippen molar-refractivity contribution < 1.29 is 9.63 Å². The average molecular weight is 221 g/mol. The Balaban J connectivity index is 2.70. The molecule has 0 bridgehead atoms. The van der Waals surface area contributed by atoms with E-state index >= 15 is 0 Å². The first-order chi connectivity index (χ1) is 7.52. The Morgan fingerprint density at radius 2 is 1.56 bits per heavy atom. The van der Waals surface area contributed by atoms with Crippen LogP contribution in [0, 0.1) is 0 Å². The second-order valence-corrected chi connectivity index (χ2v) is 4.29. The molecule has 0 heterocycles. The van der Waals surface area contributed by atoms with Crippen molar-refractivity contribution in [2.24, 2.45) is 0 Å². The van der Waals surface area contributed by atoms with Gasteiger partial charge in [-0.3, -0.25) is 0 Å². The fourth-order valence-corrected chi connectivity index (χ4v) is 1.53. The number of hydroxylamine groups is 2. The summed E-state index contributed by atoms with van der Waals surface area (Å²) in [5.74, 6) is -0.303. The molecule has 1 aromatic rings. The van der Waals surface area contributed by atoms with Gasteiger partial charge in [0.05, 0.1) is 5.56 Å². The van der Waals surface area contributed by atoms with Gasteiger partial charge in [-0.05, 0) is 39.8 Å². The third kappa shape index (κ3) is 3.35.